The first-order chi connectivity index (χ1) is 12.1. The number of rotatable bonds is 5. The number of hydrogen-bond donors (Lipinski definition) is 3. The number of hydrogen-bond acceptors (Lipinski definition) is 4. The van der Waals surface area contributed by atoms with Gasteiger partial charge in [0.25, 0.3) is 0 Å². The van der Waals surface area contributed by atoms with E-state index in [-0.39, 0.29) is 18.5 Å². The fourth-order valence-electron chi connectivity index (χ4n) is 3.15. The predicted molar refractivity (Wildman–Crippen MR) is 91.9 cm³/mol. The maximum atomic E-state index is 13.2. The van der Waals surface area contributed by atoms with Gasteiger partial charge in [-0.05, 0) is 34.9 Å². The molecule has 1 fully saturated rings. The van der Waals surface area contributed by atoms with Gasteiger partial charge in [0.05, 0.1) is 19.3 Å². The van der Waals surface area contributed by atoms with Crippen molar-refractivity contribution in [2.45, 2.75) is 12.0 Å². The molecule has 1 aliphatic heterocycles. The Hall–Kier alpha value is -2.28. The first-order valence-electron chi connectivity index (χ1n) is 8.22. The lowest BCUT2D eigenvalue weighted by Crippen LogP contribution is -2.33. The highest BCUT2D eigenvalue weighted by atomic mass is 19.1. The summed E-state index contributed by atoms with van der Waals surface area (Å²) in [6, 6.07) is 11.2. The summed E-state index contributed by atoms with van der Waals surface area (Å²) in [5, 5.41) is 13.2. The van der Waals surface area contributed by atoms with E-state index in [1.165, 1.54) is 12.1 Å². The van der Waals surface area contributed by atoms with E-state index in [1.807, 2.05) is 12.1 Å². The fraction of sp³-hybridized carbons (Fsp3) is 0.316. The maximum Gasteiger partial charge on any atom is 0.249 e. The molecule has 0 aromatic heterocycles. The summed E-state index contributed by atoms with van der Waals surface area (Å²) >= 11 is 0. The van der Waals surface area contributed by atoms with E-state index in [9.17, 15) is 14.3 Å². The minimum Gasteiger partial charge on any atom is -0.395 e. The molecule has 2 atom stereocenters. The molecule has 132 valence electrons. The van der Waals surface area contributed by atoms with Crippen molar-refractivity contribution in [2.75, 3.05) is 26.3 Å². The average Bonchev–Trinajstić information content (AvgIpc) is 2.64. The smallest absolute Gasteiger partial charge is 0.249 e. The van der Waals surface area contributed by atoms with Crippen LogP contribution in [0.1, 0.15) is 39.1 Å². The van der Waals surface area contributed by atoms with Crippen LogP contribution in [0.15, 0.2) is 42.5 Å². The first-order valence-corrected chi connectivity index (χ1v) is 8.22. The summed E-state index contributed by atoms with van der Waals surface area (Å²) in [6.07, 6.45) is -0.123. The van der Waals surface area contributed by atoms with Crippen LogP contribution in [0.2, 0.25) is 0 Å². The van der Waals surface area contributed by atoms with E-state index >= 15 is 0 Å². The van der Waals surface area contributed by atoms with Gasteiger partial charge in [0, 0.05) is 24.6 Å². The van der Waals surface area contributed by atoms with Crippen molar-refractivity contribution in [2.24, 2.45) is 5.73 Å². The summed E-state index contributed by atoms with van der Waals surface area (Å²) < 4.78 is 19.0. The van der Waals surface area contributed by atoms with Crippen LogP contribution in [0.4, 0.5) is 4.39 Å². The van der Waals surface area contributed by atoms with Gasteiger partial charge in [-0.25, -0.2) is 4.39 Å². The van der Waals surface area contributed by atoms with Crippen molar-refractivity contribution in [3.63, 3.8) is 0 Å². The van der Waals surface area contributed by atoms with Crippen molar-refractivity contribution >= 4 is 5.91 Å². The Labute approximate surface area is 145 Å². The second-order valence-electron chi connectivity index (χ2n) is 6.06. The van der Waals surface area contributed by atoms with Gasteiger partial charge in [0.15, 0.2) is 0 Å². The summed E-state index contributed by atoms with van der Waals surface area (Å²) in [6.45, 7) is 1.87. The zero-order valence-corrected chi connectivity index (χ0v) is 13.7. The van der Waals surface area contributed by atoms with Crippen LogP contribution in [0, 0.1) is 5.82 Å². The standard InChI is InChI=1S/C19H21FN2O3/c20-14-4-1-12(2-5-14)17(11-23)16-9-13(3-6-15(16)19(21)24)18-10-22-7-8-25-18/h1-6,9,17-18,22-23H,7-8,10-11H2,(H2,21,24)/t17-,18-/m1/s1. The third-order valence-electron chi connectivity index (χ3n) is 4.47. The predicted octanol–water partition coefficient (Wildman–Crippen LogP) is 1.71. The Morgan fingerprint density at radius 2 is 2.08 bits per heavy atom. The van der Waals surface area contributed by atoms with Crippen LogP contribution in [0.5, 0.6) is 0 Å². The Kier molecular flexibility index (Phi) is 5.43. The van der Waals surface area contributed by atoms with Gasteiger partial charge in [0.1, 0.15) is 5.82 Å². The first kappa shape index (κ1) is 17.5. The van der Waals surface area contributed by atoms with E-state index in [1.54, 1.807) is 18.2 Å². The van der Waals surface area contributed by atoms with Gasteiger partial charge < -0.3 is 20.9 Å². The molecule has 1 heterocycles. The van der Waals surface area contributed by atoms with E-state index in [2.05, 4.69) is 5.32 Å². The van der Waals surface area contributed by atoms with Crippen molar-refractivity contribution in [3.8, 4) is 0 Å². The molecule has 4 N–H and O–H groups in total. The van der Waals surface area contributed by atoms with Gasteiger partial charge in [-0.2, -0.15) is 0 Å². The normalized spacial score (nSPS) is 18.7. The molecule has 0 bridgehead atoms. The van der Waals surface area contributed by atoms with Crippen LogP contribution >= 0.6 is 0 Å². The molecule has 25 heavy (non-hydrogen) atoms. The van der Waals surface area contributed by atoms with Crippen LogP contribution in [0.3, 0.4) is 0 Å². The Balaban J connectivity index is 2.03. The van der Waals surface area contributed by atoms with E-state index in [0.29, 0.717) is 29.8 Å². The highest BCUT2D eigenvalue weighted by Crippen LogP contribution is 2.31. The molecular weight excluding hydrogens is 323 g/mol. The van der Waals surface area contributed by atoms with Crippen LogP contribution in [0.25, 0.3) is 0 Å². The number of nitrogens with one attached hydrogen (secondary N) is 1. The quantitative estimate of drug-likeness (QED) is 0.771. The number of aliphatic hydroxyl groups excluding tert-OH is 1. The zero-order valence-electron chi connectivity index (χ0n) is 13.7. The summed E-state index contributed by atoms with van der Waals surface area (Å²) in [5.41, 5.74) is 8.10. The van der Waals surface area contributed by atoms with E-state index in [0.717, 1.165) is 12.1 Å². The van der Waals surface area contributed by atoms with Crippen LogP contribution in [-0.2, 0) is 4.74 Å². The molecule has 0 spiro atoms. The molecule has 1 saturated heterocycles. The fourth-order valence-corrected chi connectivity index (χ4v) is 3.15. The molecule has 0 saturated carbocycles. The summed E-state index contributed by atoms with van der Waals surface area (Å²) in [5.74, 6) is -1.39. The molecule has 0 aliphatic carbocycles. The molecule has 0 unspecified atom stereocenters. The van der Waals surface area contributed by atoms with Crippen LogP contribution < -0.4 is 11.1 Å². The van der Waals surface area contributed by atoms with Gasteiger partial charge in [-0.3, -0.25) is 4.79 Å². The monoisotopic (exact) mass is 344 g/mol. The SMILES string of the molecule is NC(=O)c1ccc([C@H]2CNCCO2)cc1[C@H](CO)c1ccc(F)cc1. The van der Waals surface area contributed by atoms with Crippen molar-refractivity contribution < 1.29 is 19.0 Å². The molecule has 0 radical (unpaired) electrons. The highest BCUT2D eigenvalue weighted by Gasteiger charge is 2.23. The topological polar surface area (TPSA) is 84.6 Å². The number of ether oxygens (including phenoxy) is 1. The minimum atomic E-state index is -0.565. The molecule has 5 nitrogen and oxygen atoms in total. The number of halogens is 1. The lowest BCUT2D eigenvalue weighted by Gasteiger charge is -2.26. The lowest BCUT2D eigenvalue weighted by atomic mass is 9.86. The van der Waals surface area contributed by atoms with Crippen LogP contribution in [-0.4, -0.2) is 37.3 Å². The molecule has 1 amide bonds. The number of amides is 1. The average molecular weight is 344 g/mol. The molecule has 6 heteroatoms. The number of morpholine rings is 1. The van der Waals surface area contributed by atoms with E-state index in [4.69, 9.17) is 10.5 Å². The second-order valence-corrected chi connectivity index (χ2v) is 6.06. The molecule has 1 aliphatic rings. The third-order valence-corrected chi connectivity index (χ3v) is 4.47. The van der Waals surface area contributed by atoms with Gasteiger partial charge in [0.2, 0.25) is 5.91 Å². The Morgan fingerprint density at radius 3 is 2.68 bits per heavy atom. The number of nitrogens with two attached hydrogens (primary N) is 1. The number of benzene rings is 2. The van der Waals surface area contributed by atoms with Gasteiger partial charge in [-0.1, -0.05) is 24.3 Å². The minimum absolute atomic E-state index is 0.123. The number of primary amides is 1. The Bertz CT molecular complexity index is 743. The van der Waals surface area contributed by atoms with Crippen molar-refractivity contribution in [1.29, 1.82) is 0 Å². The zero-order chi connectivity index (χ0) is 17.8. The highest BCUT2D eigenvalue weighted by molar-refractivity contribution is 5.94. The molecule has 2 aromatic rings. The molecule has 3 rings (SSSR count). The lowest BCUT2D eigenvalue weighted by molar-refractivity contribution is 0.0276. The van der Waals surface area contributed by atoms with Gasteiger partial charge >= 0.3 is 0 Å². The maximum absolute atomic E-state index is 13.2. The Morgan fingerprint density at radius 1 is 1.32 bits per heavy atom. The van der Waals surface area contributed by atoms with Crippen molar-refractivity contribution in [1.82, 2.24) is 5.32 Å². The summed E-state index contributed by atoms with van der Waals surface area (Å²) in [7, 11) is 0. The summed E-state index contributed by atoms with van der Waals surface area (Å²) in [4.78, 5) is 11.9. The third kappa shape index (κ3) is 3.87. The largest absolute Gasteiger partial charge is 0.395 e. The number of carbonyl (C=O) groups is 1. The van der Waals surface area contributed by atoms with E-state index < -0.39 is 11.8 Å². The van der Waals surface area contributed by atoms with Crippen molar-refractivity contribution in [3.05, 3.63) is 70.5 Å². The second kappa shape index (κ2) is 7.74. The number of carbonyl (C=O) groups excluding carboxylic acids is 1. The molecular formula is C19H21FN2O3. The van der Waals surface area contributed by atoms with Gasteiger partial charge in [-0.15, -0.1) is 0 Å². The number of aliphatic hydroxyl groups is 1. The molecule has 2 aromatic carbocycles.